The van der Waals surface area contributed by atoms with Crippen LogP contribution in [0.3, 0.4) is 0 Å². The lowest BCUT2D eigenvalue weighted by molar-refractivity contribution is 0.301. The predicted octanol–water partition coefficient (Wildman–Crippen LogP) is 2.68. The van der Waals surface area contributed by atoms with E-state index in [2.05, 4.69) is 4.98 Å². The Labute approximate surface area is 101 Å². The normalized spacial score (nSPS) is 12.1. The summed E-state index contributed by atoms with van der Waals surface area (Å²) in [6, 6.07) is 11.7. The summed E-state index contributed by atoms with van der Waals surface area (Å²) < 4.78 is 5.76. The molecule has 0 bridgehead atoms. The molecular formula is C14H16N2O. The minimum Gasteiger partial charge on any atom is -0.489 e. The lowest BCUT2D eigenvalue weighted by Crippen LogP contribution is -2.08. The third kappa shape index (κ3) is 3.04. The van der Waals surface area contributed by atoms with Gasteiger partial charge in [0.05, 0.1) is 0 Å². The fraction of sp³-hybridized carbons (Fsp3) is 0.214. The van der Waals surface area contributed by atoms with Crippen molar-refractivity contribution in [1.82, 2.24) is 4.98 Å². The molecule has 2 rings (SSSR count). The third-order valence-corrected chi connectivity index (χ3v) is 2.53. The van der Waals surface area contributed by atoms with Crippen LogP contribution >= 0.6 is 0 Å². The summed E-state index contributed by atoms with van der Waals surface area (Å²) in [4.78, 5) is 4.05. The largest absolute Gasteiger partial charge is 0.489 e. The fourth-order valence-electron chi connectivity index (χ4n) is 1.63. The molecule has 0 spiro atoms. The van der Waals surface area contributed by atoms with E-state index in [1.54, 1.807) is 12.4 Å². The van der Waals surface area contributed by atoms with Crippen molar-refractivity contribution in [3.8, 4) is 5.75 Å². The van der Waals surface area contributed by atoms with E-state index < -0.39 is 0 Å². The van der Waals surface area contributed by atoms with E-state index in [0.29, 0.717) is 6.61 Å². The molecule has 0 saturated carbocycles. The zero-order valence-corrected chi connectivity index (χ0v) is 9.84. The molecule has 0 amide bonds. The van der Waals surface area contributed by atoms with Crippen LogP contribution in [0.4, 0.5) is 0 Å². The summed E-state index contributed by atoms with van der Waals surface area (Å²) in [5.41, 5.74) is 7.96. The first kappa shape index (κ1) is 11.6. The molecule has 0 saturated heterocycles. The Morgan fingerprint density at radius 3 is 2.76 bits per heavy atom. The van der Waals surface area contributed by atoms with Crippen LogP contribution < -0.4 is 10.5 Å². The minimum atomic E-state index is -0.0277. The highest BCUT2D eigenvalue weighted by Crippen LogP contribution is 2.23. The van der Waals surface area contributed by atoms with E-state index in [9.17, 15) is 0 Å². The van der Waals surface area contributed by atoms with Crippen molar-refractivity contribution in [3.63, 3.8) is 0 Å². The van der Waals surface area contributed by atoms with Crippen molar-refractivity contribution in [2.24, 2.45) is 5.73 Å². The van der Waals surface area contributed by atoms with Crippen LogP contribution in [0.2, 0.25) is 0 Å². The Balaban J connectivity index is 2.09. The first-order valence-electron chi connectivity index (χ1n) is 5.63. The van der Waals surface area contributed by atoms with E-state index in [-0.39, 0.29) is 6.04 Å². The molecule has 1 aromatic heterocycles. The molecule has 0 aliphatic rings. The van der Waals surface area contributed by atoms with Crippen LogP contribution in [-0.2, 0) is 6.61 Å². The monoisotopic (exact) mass is 228 g/mol. The van der Waals surface area contributed by atoms with Gasteiger partial charge < -0.3 is 10.5 Å². The number of nitrogens with two attached hydrogens (primary N) is 1. The van der Waals surface area contributed by atoms with Gasteiger partial charge >= 0.3 is 0 Å². The van der Waals surface area contributed by atoms with Gasteiger partial charge in [0.15, 0.2) is 0 Å². The van der Waals surface area contributed by atoms with E-state index >= 15 is 0 Å². The van der Waals surface area contributed by atoms with Crippen LogP contribution in [0.15, 0.2) is 48.8 Å². The average molecular weight is 228 g/mol. The minimum absolute atomic E-state index is 0.0277. The molecule has 0 unspecified atom stereocenters. The van der Waals surface area contributed by atoms with Crippen molar-refractivity contribution in [2.45, 2.75) is 19.6 Å². The van der Waals surface area contributed by atoms with Crippen molar-refractivity contribution in [2.75, 3.05) is 0 Å². The highest BCUT2D eigenvalue weighted by Gasteiger charge is 2.06. The molecule has 3 heteroatoms. The number of rotatable bonds is 4. The number of hydrogen-bond donors (Lipinski definition) is 1. The molecule has 0 radical (unpaired) electrons. The Morgan fingerprint density at radius 2 is 2.06 bits per heavy atom. The first-order valence-corrected chi connectivity index (χ1v) is 5.63. The zero-order chi connectivity index (χ0) is 12.1. The number of ether oxygens (including phenoxy) is 1. The van der Waals surface area contributed by atoms with Crippen LogP contribution in [0.25, 0.3) is 0 Å². The molecule has 0 fully saturated rings. The van der Waals surface area contributed by atoms with Gasteiger partial charge in [0.2, 0.25) is 0 Å². The quantitative estimate of drug-likeness (QED) is 0.875. The molecule has 0 aliphatic carbocycles. The highest BCUT2D eigenvalue weighted by atomic mass is 16.5. The van der Waals surface area contributed by atoms with Gasteiger partial charge in [-0.25, -0.2) is 0 Å². The topological polar surface area (TPSA) is 48.1 Å². The second-order valence-corrected chi connectivity index (χ2v) is 3.98. The van der Waals surface area contributed by atoms with Gasteiger partial charge in [0.1, 0.15) is 12.4 Å². The third-order valence-electron chi connectivity index (χ3n) is 2.53. The SMILES string of the molecule is C[C@@H](N)c1ccccc1OCc1cccnc1. The second kappa shape index (κ2) is 5.46. The standard InChI is InChI=1S/C14H16N2O/c1-11(15)13-6-2-3-7-14(13)17-10-12-5-4-8-16-9-12/h2-9,11H,10,15H2,1H3/t11-/m1/s1. The lowest BCUT2D eigenvalue weighted by Gasteiger charge is -2.13. The summed E-state index contributed by atoms with van der Waals surface area (Å²) >= 11 is 0. The molecule has 3 nitrogen and oxygen atoms in total. The molecule has 0 aliphatic heterocycles. The number of para-hydroxylation sites is 1. The van der Waals surface area contributed by atoms with Crippen LogP contribution in [0.5, 0.6) is 5.75 Å². The van der Waals surface area contributed by atoms with Crippen LogP contribution in [0, 0.1) is 0 Å². The predicted molar refractivity (Wildman–Crippen MR) is 67.6 cm³/mol. The van der Waals surface area contributed by atoms with Gasteiger partial charge in [-0.15, -0.1) is 0 Å². The summed E-state index contributed by atoms with van der Waals surface area (Å²) in [6.45, 7) is 2.46. The molecule has 1 atom stereocenters. The first-order chi connectivity index (χ1) is 8.27. The number of aromatic nitrogens is 1. The molecule has 88 valence electrons. The van der Waals surface area contributed by atoms with Gasteiger partial charge in [0, 0.05) is 29.6 Å². The number of nitrogens with zero attached hydrogens (tertiary/aromatic N) is 1. The van der Waals surface area contributed by atoms with Gasteiger partial charge in [-0.05, 0) is 19.1 Å². The maximum Gasteiger partial charge on any atom is 0.124 e. The zero-order valence-electron chi connectivity index (χ0n) is 9.84. The average Bonchev–Trinajstić information content (AvgIpc) is 2.38. The van der Waals surface area contributed by atoms with Crippen molar-refractivity contribution in [3.05, 3.63) is 59.9 Å². The summed E-state index contributed by atoms with van der Waals surface area (Å²) in [6.07, 6.45) is 3.55. The van der Waals surface area contributed by atoms with Gasteiger partial charge in [-0.1, -0.05) is 24.3 Å². The Hall–Kier alpha value is -1.87. The molecule has 1 aromatic carbocycles. The second-order valence-electron chi connectivity index (χ2n) is 3.98. The van der Waals surface area contributed by atoms with E-state index in [0.717, 1.165) is 16.9 Å². The number of hydrogen-bond acceptors (Lipinski definition) is 3. The maximum absolute atomic E-state index is 5.89. The van der Waals surface area contributed by atoms with Crippen molar-refractivity contribution in [1.29, 1.82) is 0 Å². The highest BCUT2D eigenvalue weighted by molar-refractivity contribution is 5.35. The molecular weight excluding hydrogens is 212 g/mol. The Bertz CT molecular complexity index is 469. The van der Waals surface area contributed by atoms with Crippen molar-refractivity contribution < 1.29 is 4.74 Å². The Kier molecular flexibility index (Phi) is 3.73. The van der Waals surface area contributed by atoms with E-state index in [1.165, 1.54) is 0 Å². The maximum atomic E-state index is 5.89. The fourth-order valence-corrected chi connectivity index (χ4v) is 1.63. The summed E-state index contributed by atoms with van der Waals surface area (Å²) in [7, 11) is 0. The lowest BCUT2D eigenvalue weighted by atomic mass is 10.1. The van der Waals surface area contributed by atoms with Crippen LogP contribution in [-0.4, -0.2) is 4.98 Å². The van der Waals surface area contributed by atoms with Gasteiger partial charge in [0.25, 0.3) is 0 Å². The molecule has 17 heavy (non-hydrogen) atoms. The Morgan fingerprint density at radius 1 is 1.24 bits per heavy atom. The summed E-state index contributed by atoms with van der Waals surface area (Å²) in [5.74, 6) is 0.839. The van der Waals surface area contributed by atoms with Crippen LogP contribution in [0.1, 0.15) is 24.1 Å². The van der Waals surface area contributed by atoms with Gasteiger partial charge in [-0.3, -0.25) is 4.98 Å². The van der Waals surface area contributed by atoms with Crippen molar-refractivity contribution >= 4 is 0 Å². The molecule has 1 heterocycles. The van der Waals surface area contributed by atoms with E-state index in [1.807, 2.05) is 43.3 Å². The molecule has 2 aromatic rings. The summed E-state index contributed by atoms with van der Waals surface area (Å²) in [5, 5.41) is 0. The number of benzene rings is 1. The van der Waals surface area contributed by atoms with E-state index in [4.69, 9.17) is 10.5 Å². The smallest absolute Gasteiger partial charge is 0.124 e. The van der Waals surface area contributed by atoms with Gasteiger partial charge in [-0.2, -0.15) is 0 Å². The number of pyridine rings is 1. The molecule has 2 N–H and O–H groups in total.